The van der Waals surface area contributed by atoms with Gasteiger partial charge in [0.15, 0.2) is 0 Å². The van der Waals surface area contributed by atoms with E-state index in [0.29, 0.717) is 19.4 Å². The molecule has 0 aliphatic carbocycles. The molecule has 0 saturated carbocycles. The third-order valence-corrected chi connectivity index (χ3v) is 8.13. The summed E-state index contributed by atoms with van der Waals surface area (Å²) in [6.45, 7) is 13.2. The molecule has 0 aromatic carbocycles. The van der Waals surface area contributed by atoms with E-state index in [0.717, 1.165) is 17.4 Å². The Balaban J connectivity index is 0. The lowest BCUT2D eigenvalue weighted by atomic mass is 10.0. The molecule has 0 aliphatic heterocycles. The van der Waals surface area contributed by atoms with E-state index < -0.39 is 7.60 Å². The van der Waals surface area contributed by atoms with E-state index in [1.807, 2.05) is 27.7 Å². The zero-order valence-corrected chi connectivity index (χ0v) is 24.2. The lowest BCUT2D eigenvalue weighted by Crippen LogP contribution is -2.41. The summed E-state index contributed by atoms with van der Waals surface area (Å²) in [7, 11) is 1.70. The molecule has 4 nitrogen and oxygen atoms in total. The minimum atomic E-state index is -2.88. The standard InChI is InChI=1S/C25H55NO3P.C2H6/c1-6-9-10-11-12-13-14-15-16-17-18-19-20-21-23-26(4,5)24-22-25-30(27,28-7-2)29-8-3;1-2/h6-25H2,1-5H3;1-2H3/q+1;. The summed E-state index contributed by atoms with van der Waals surface area (Å²) in [5.41, 5.74) is 0. The average molecular weight is 479 g/mol. The zero-order chi connectivity index (χ0) is 24.6. The number of hydrogen-bond acceptors (Lipinski definition) is 3. The first-order valence-corrected chi connectivity index (χ1v) is 15.8. The molecule has 0 bridgehead atoms. The molecule has 0 saturated heterocycles. The molecule has 0 unspecified atom stereocenters. The number of rotatable bonds is 23. The molecule has 0 aromatic rings. The number of unbranched alkanes of at least 4 members (excludes halogenated alkanes) is 13. The van der Waals surface area contributed by atoms with Crippen LogP contribution >= 0.6 is 7.60 Å². The Kier molecular flexibility index (Phi) is 26.0. The second-order valence-electron chi connectivity index (χ2n) is 9.50. The minimum absolute atomic E-state index is 0.453. The molecule has 0 N–H and O–H groups in total. The molecule has 0 fully saturated rings. The van der Waals surface area contributed by atoms with Crippen molar-refractivity contribution in [1.29, 1.82) is 0 Å². The molecule has 0 rings (SSSR count). The lowest BCUT2D eigenvalue weighted by Gasteiger charge is -2.30. The highest BCUT2D eigenvalue weighted by Gasteiger charge is 2.25. The fraction of sp³-hybridized carbons (Fsp3) is 1.00. The van der Waals surface area contributed by atoms with Crippen molar-refractivity contribution >= 4 is 7.60 Å². The van der Waals surface area contributed by atoms with Crippen molar-refractivity contribution < 1.29 is 18.1 Å². The van der Waals surface area contributed by atoms with Crippen LogP contribution in [0.1, 0.15) is 131 Å². The Morgan fingerprint density at radius 1 is 0.562 bits per heavy atom. The van der Waals surface area contributed by atoms with E-state index in [4.69, 9.17) is 9.05 Å². The topological polar surface area (TPSA) is 35.5 Å². The fourth-order valence-electron chi connectivity index (χ4n) is 4.10. The van der Waals surface area contributed by atoms with E-state index in [2.05, 4.69) is 21.0 Å². The average Bonchev–Trinajstić information content (AvgIpc) is 2.75. The first kappa shape index (κ1) is 34.3. The molecule has 5 heteroatoms. The van der Waals surface area contributed by atoms with Crippen LogP contribution in [0.4, 0.5) is 0 Å². The second kappa shape index (κ2) is 24.2. The van der Waals surface area contributed by atoms with Crippen LogP contribution < -0.4 is 0 Å². The monoisotopic (exact) mass is 478 g/mol. The van der Waals surface area contributed by atoms with Gasteiger partial charge in [0, 0.05) is 6.42 Å². The predicted octanol–water partition coefficient (Wildman–Crippen LogP) is 9.23. The third-order valence-electron chi connectivity index (χ3n) is 5.96. The maximum atomic E-state index is 12.5. The van der Waals surface area contributed by atoms with Gasteiger partial charge in [-0.1, -0.05) is 97.8 Å². The Morgan fingerprint density at radius 3 is 1.28 bits per heavy atom. The summed E-state index contributed by atoms with van der Waals surface area (Å²) in [5, 5.41) is 0. The van der Waals surface area contributed by atoms with Crippen LogP contribution in [0, 0.1) is 0 Å². The first-order chi connectivity index (χ1) is 15.4. The number of nitrogens with zero attached hydrogens (tertiary/aromatic N) is 1. The van der Waals surface area contributed by atoms with Gasteiger partial charge in [0.05, 0.1) is 46.6 Å². The van der Waals surface area contributed by atoms with Gasteiger partial charge < -0.3 is 13.5 Å². The molecule has 0 atom stereocenters. The molecule has 0 aliphatic rings. The van der Waals surface area contributed by atoms with Crippen LogP contribution in [-0.2, 0) is 13.6 Å². The summed E-state index contributed by atoms with van der Waals surface area (Å²) >= 11 is 0. The SMILES string of the molecule is CC.CCCCCCCCCCCCCCCC[N+](C)(C)CCCP(=O)(OCC)OCC. The second-order valence-corrected chi connectivity index (χ2v) is 11.7. The van der Waals surface area contributed by atoms with Gasteiger partial charge in [-0.05, 0) is 26.7 Å². The van der Waals surface area contributed by atoms with E-state index in [1.54, 1.807) is 0 Å². The molecule has 0 amide bonds. The van der Waals surface area contributed by atoms with E-state index in [1.165, 1.54) is 96.4 Å². The van der Waals surface area contributed by atoms with E-state index in [9.17, 15) is 4.57 Å². The summed E-state index contributed by atoms with van der Waals surface area (Å²) in [6.07, 6.45) is 21.1. The van der Waals surface area contributed by atoms with E-state index in [-0.39, 0.29) is 0 Å². The van der Waals surface area contributed by atoms with Gasteiger partial charge >= 0.3 is 7.60 Å². The van der Waals surface area contributed by atoms with Crippen molar-refractivity contribution in [2.75, 3.05) is 46.6 Å². The Morgan fingerprint density at radius 2 is 0.906 bits per heavy atom. The van der Waals surface area contributed by atoms with Gasteiger partial charge in [-0.15, -0.1) is 0 Å². The Hall–Kier alpha value is 0.110. The van der Waals surface area contributed by atoms with Crippen LogP contribution in [0.15, 0.2) is 0 Å². The van der Waals surface area contributed by atoms with Crippen molar-refractivity contribution in [2.45, 2.75) is 131 Å². The van der Waals surface area contributed by atoms with Crippen LogP contribution in [0.2, 0.25) is 0 Å². The van der Waals surface area contributed by atoms with Gasteiger partial charge in [0.25, 0.3) is 0 Å². The molecular formula is C27H61NO3P+. The van der Waals surface area contributed by atoms with Crippen molar-refractivity contribution in [3.05, 3.63) is 0 Å². The fourth-order valence-corrected chi connectivity index (χ4v) is 5.75. The maximum Gasteiger partial charge on any atom is 0.330 e. The summed E-state index contributed by atoms with van der Waals surface area (Å²) in [5.74, 6) is 0. The third kappa shape index (κ3) is 23.3. The number of quaternary nitrogens is 1. The summed E-state index contributed by atoms with van der Waals surface area (Å²) < 4.78 is 24.3. The van der Waals surface area contributed by atoms with Gasteiger partial charge in [-0.25, -0.2) is 0 Å². The normalized spacial score (nSPS) is 12.0. The molecule has 0 radical (unpaired) electrons. The zero-order valence-electron chi connectivity index (χ0n) is 23.3. The quantitative estimate of drug-likeness (QED) is 0.0834. The van der Waals surface area contributed by atoms with Crippen LogP contribution in [-0.4, -0.2) is 51.0 Å². The highest BCUT2D eigenvalue weighted by atomic mass is 31.2. The molecule has 32 heavy (non-hydrogen) atoms. The van der Waals surface area contributed by atoms with Crippen molar-refractivity contribution in [1.82, 2.24) is 0 Å². The molecule has 0 heterocycles. The molecule has 0 spiro atoms. The minimum Gasteiger partial charge on any atom is -0.328 e. The Labute approximate surface area is 203 Å². The van der Waals surface area contributed by atoms with Crippen LogP contribution in [0.3, 0.4) is 0 Å². The van der Waals surface area contributed by atoms with Crippen molar-refractivity contribution in [2.24, 2.45) is 0 Å². The van der Waals surface area contributed by atoms with Gasteiger partial charge in [0.2, 0.25) is 0 Å². The highest BCUT2D eigenvalue weighted by molar-refractivity contribution is 7.53. The van der Waals surface area contributed by atoms with Gasteiger partial charge in [-0.2, -0.15) is 0 Å². The van der Waals surface area contributed by atoms with Crippen molar-refractivity contribution in [3.63, 3.8) is 0 Å². The van der Waals surface area contributed by atoms with Crippen LogP contribution in [0.25, 0.3) is 0 Å². The smallest absolute Gasteiger partial charge is 0.328 e. The molecule has 196 valence electrons. The van der Waals surface area contributed by atoms with Crippen LogP contribution in [0.5, 0.6) is 0 Å². The summed E-state index contributed by atoms with van der Waals surface area (Å²) in [4.78, 5) is 0. The van der Waals surface area contributed by atoms with E-state index >= 15 is 0 Å². The number of hydrogen-bond donors (Lipinski definition) is 0. The highest BCUT2D eigenvalue weighted by Crippen LogP contribution is 2.48. The Bertz CT molecular complexity index is 406. The maximum absolute atomic E-state index is 12.5. The predicted molar refractivity (Wildman–Crippen MR) is 144 cm³/mol. The molecule has 0 aromatic heterocycles. The van der Waals surface area contributed by atoms with Gasteiger partial charge in [0.1, 0.15) is 0 Å². The van der Waals surface area contributed by atoms with Gasteiger partial charge in [-0.3, -0.25) is 4.57 Å². The molecular weight excluding hydrogens is 417 g/mol. The largest absolute Gasteiger partial charge is 0.330 e. The lowest BCUT2D eigenvalue weighted by molar-refractivity contribution is -0.890. The summed E-state index contributed by atoms with van der Waals surface area (Å²) in [6, 6.07) is 0. The van der Waals surface area contributed by atoms with Crippen molar-refractivity contribution in [3.8, 4) is 0 Å². The first-order valence-electron chi connectivity index (χ1n) is 14.1.